The van der Waals surface area contributed by atoms with Crippen molar-refractivity contribution in [2.24, 2.45) is 41.4 Å². The number of hydrogen-bond donors (Lipinski definition) is 2. The molecule has 242 valence electrons. The normalized spacial score (nSPS) is 39.2. The number of allylic oxidation sites excluding steroid dienone is 2. The maximum atomic E-state index is 12.3. The lowest BCUT2D eigenvalue weighted by Crippen LogP contribution is -2.37. The SMILES string of the molecule is COC(C)[C@@H]1C[C@H](C)C([C@H](C)/C=C/[C@H]2CC[C@H](C)[C@@H](/C(=C/[C@@H]3CCC[C@H](C)[C@H]3[C@@H](C)/C(O)=C3/C(=O)COC3=O)CO)O2)O1. The van der Waals surface area contributed by atoms with Crippen LogP contribution in [0.1, 0.15) is 80.1 Å². The molecule has 4 aliphatic rings. The average Bonchev–Trinajstić information content (AvgIpc) is 3.55. The smallest absolute Gasteiger partial charge is 0.345 e. The summed E-state index contributed by atoms with van der Waals surface area (Å²) in [6, 6.07) is 0. The number of ether oxygens (including phenoxy) is 4. The molecule has 3 aliphatic heterocycles. The van der Waals surface area contributed by atoms with Gasteiger partial charge in [-0.2, -0.15) is 0 Å². The number of hydrogen-bond acceptors (Lipinski definition) is 8. The molecule has 0 aromatic heterocycles. The minimum Gasteiger partial charge on any atom is -0.511 e. The van der Waals surface area contributed by atoms with Crippen LogP contribution < -0.4 is 0 Å². The molecular weight excluding hydrogens is 548 g/mol. The summed E-state index contributed by atoms with van der Waals surface area (Å²) in [4.78, 5) is 24.4. The largest absolute Gasteiger partial charge is 0.511 e. The van der Waals surface area contributed by atoms with Crippen molar-refractivity contribution >= 4 is 11.8 Å². The number of carbonyl (C=O) groups excluding carboxylic acids is 2. The van der Waals surface area contributed by atoms with Crippen LogP contribution in [-0.2, 0) is 28.5 Å². The van der Waals surface area contributed by atoms with Gasteiger partial charge in [0, 0.05) is 18.9 Å². The van der Waals surface area contributed by atoms with E-state index in [0.717, 1.165) is 44.1 Å². The number of ketones is 1. The molecule has 0 bridgehead atoms. The Morgan fingerprint density at radius 2 is 1.77 bits per heavy atom. The zero-order valence-corrected chi connectivity index (χ0v) is 27.2. The molecule has 0 spiro atoms. The summed E-state index contributed by atoms with van der Waals surface area (Å²) in [5, 5.41) is 21.6. The monoisotopic (exact) mass is 602 g/mol. The lowest BCUT2D eigenvalue weighted by molar-refractivity contribution is -0.135. The third-order valence-electron chi connectivity index (χ3n) is 10.7. The van der Waals surface area contributed by atoms with Gasteiger partial charge in [-0.15, -0.1) is 0 Å². The molecule has 43 heavy (non-hydrogen) atoms. The van der Waals surface area contributed by atoms with Gasteiger partial charge in [-0.1, -0.05) is 65.7 Å². The van der Waals surface area contributed by atoms with Crippen LogP contribution in [0.5, 0.6) is 0 Å². The molecule has 4 rings (SSSR count). The van der Waals surface area contributed by atoms with Crippen molar-refractivity contribution in [3.8, 4) is 0 Å². The number of cyclic esters (lactones) is 1. The Hall–Kier alpha value is -2.00. The Labute approximate surface area is 257 Å². The van der Waals surface area contributed by atoms with Crippen LogP contribution in [0, 0.1) is 41.4 Å². The molecule has 0 aromatic rings. The van der Waals surface area contributed by atoms with Gasteiger partial charge >= 0.3 is 5.97 Å². The van der Waals surface area contributed by atoms with E-state index in [9.17, 15) is 19.8 Å². The van der Waals surface area contributed by atoms with Crippen molar-refractivity contribution in [1.29, 1.82) is 0 Å². The van der Waals surface area contributed by atoms with Crippen molar-refractivity contribution in [3.05, 3.63) is 35.1 Å². The summed E-state index contributed by atoms with van der Waals surface area (Å²) in [6.45, 7) is 12.3. The van der Waals surface area contributed by atoms with Crippen LogP contribution in [0.2, 0.25) is 0 Å². The number of aliphatic hydroxyl groups excluding tert-OH is 2. The molecule has 2 N–H and O–H groups in total. The van der Waals surface area contributed by atoms with Crippen LogP contribution in [-0.4, -0.2) is 72.8 Å². The van der Waals surface area contributed by atoms with E-state index >= 15 is 0 Å². The van der Waals surface area contributed by atoms with E-state index in [4.69, 9.17) is 18.9 Å². The molecule has 0 amide bonds. The number of carbonyl (C=O) groups is 2. The van der Waals surface area contributed by atoms with E-state index in [1.54, 1.807) is 7.11 Å². The highest BCUT2D eigenvalue weighted by Gasteiger charge is 2.41. The number of Topliss-reactive ketones (excluding diaryl/α,β-unsaturated/α-hetero) is 1. The Balaban J connectivity index is 1.48. The molecule has 0 aromatic carbocycles. The van der Waals surface area contributed by atoms with E-state index < -0.39 is 17.7 Å². The quantitative estimate of drug-likeness (QED) is 0.107. The lowest BCUT2D eigenvalue weighted by Gasteiger charge is -2.41. The molecular formula is C35H54O8. The standard InChI is InChI=1S/C35H54O8/c1-19-9-8-10-25(30(19)23(5)32(38)31-28(37)18-41-35(31)39)16-26(17-36)34-21(3)12-14-27(42-34)13-11-20(2)33-22(4)15-29(43-33)24(6)40-7/h11,13,16,19-25,27,29-30,33-34,36,38H,8-10,12,14-15,17-18H2,1-7H3/b13-11+,26-16+,32-31+/t19-,20+,21-,22-,23+,24?,25-,27-,29-,30-,33?,34-/m0/s1. The Bertz CT molecular complexity index is 1060. The molecule has 8 nitrogen and oxygen atoms in total. The minimum atomic E-state index is -0.739. The highest BCUT2D eigenvalue weighted by molar-refractivity contribution is 6.22. The average molecular weight is 603 g/mol. The van der Waals surface area contributed by atoms with Gasteiger partial charge in [0.1, 0.15) is 11.3 Å². The van der Waals surface area contributed by atoms with Gasteiger partial charge in [0.2, 0.25) is 5.78 Å². The summed E-state index contributed by atoms with van der Waals surface area (Å²) < 4.78 is 23.4. The number of aliphatic hydroxyl groups is 2. The van der Waals surface area contributed by atoms with Crippen molar-refractivity contribution in [1.82, 2.24) is 0 Å². The lowest BCUT2D eigenvalue weighted by atomic mass is 9.66. The second-order valence-corrected chi connectivity index (χ2v) is 13.8. The molecule has 1 saturated carbocycles. The summed E-state index contributed by atoms with van der Waals surface area (Å²) in [5.74, 6) is -0.447. The van der Waals surface area contributed by atoms with Gasteiger partial charge < -0.3 is 29.2 Å². The molecule has 3 heterocycles. The summed E-state index contributed by atoms with van der Waals surface area (Å²) in [5.41, 5.74) is 0.673. The summed E-state index contributed by atoms with van der Waals surface area (Å²) in [6.07, 6.45) is 12.5. The van der Waals surface area contributed by atoms with Crippen LogP contribution in [0.15, 0.2) is 35.1 Å². The number of methoxy groups -OCH3 is 1. The first-order valence-corrected chi connectivity index (χ1v) is 16.4. The summed E-state index contributed by atoms with van der Waals surface area (Å²) in [7, 11) is 1.73. The number of esters is 1. The van der Waals surface area contributed by atoms with Gasteiger partial charge in [-0.25, -0.2) is 4.79 Å². The molecule has 8 heteroatoms. The second-order valence-electron chi connectivity index (χ2n) is 13.8. The fourth-order valence-corrected chi connectivity index (χ4v) is 8.06. The van der Waals surface area contributed by atoms with Crippen molar-refractivity contribution in [2.45, 2.75) is 111 Å². The maximum Gasteiger partial charge on any atom is 0.345 e. The Morgan fingerprint density at radius 3 is 2.42 bits per heavy atom. The van der Waals surface area contributed by atoms with E-state index in [2.05, 4.69) is 52.8 Å². The van der Waals surface area contributed by atoms with Gasteiger partial charge in [0.25, 0.3) is 0 Å². The van der Waals surface area contributed by atoms with Crippen LogP contribution in [0.25, 0.3) is 0 Å². The highest BCUT2D eigenvalue weighted by atomic mass is 16.6. The van der Waals surface area contributed by atoms with Gasteiger partial charge in [0.15, 0.2) is 6.61 Å². The van der Waals surface area contributed by atoms with E-state index in [0.29, 0.717) is 5.92 Å². The van der Waals surface area contributed by atoms with Gasteiger partial charge in [0.05, 0.1) is 37.1 Å². The molecule has 4 fully saturated rings. The fraction of sp³-hybridized carbons (Fsp3) is 0.771. The third-order valence-corrected chi connectivity index (χ3v) is 10.7. The van der Waals surface area contributed by atoms with Gasteiger partial charge in [-0.05, 0) is 67.8 Å². The number of rotatable bonds is 10. The fourth-order valence-electron chi connectivity index (χ4n) is 8.06. The van der Waals surface area contributed by atoms with E-state index in [1.165, 1.54) is 0 Å². The molecule has 2 unspecified atom stereocenters. The van der Waals surface area contributed by atoms with Crippen LogP contribution in [0.3, 0.4) is 0 Å². The van der Waals surface area contributed by atoms with Crippen LogP contribution in [0.4, 0.5) is 0 Å². The molecule has 12 atom stereocenters. The van der Waals surface area contributed by atoms with Crippen LogP contribution >= 0.6 is 0 Å². The first-order valence-electron chi connectivity index (χ1n) is 16.4. The van der Waals surface area contributed by atoms with Crippen molar-refractivity contribution in [2.75, 3.05) is 20.3 Å². The zero-order chi connectivity index (χ0) is 31.4. The van der Waals surface area contributed by atoms with Gasteiger partial charge in [-0.3, -0.25) is 4.79 Å². The Kier molecular flexibility index (Phi) is 11.7. The molecule has 3 saturated heterocycles. The predicted octanol–water partition coefficient (Wildman–Crippen LogP) is 5.74. The maximum absolute atomic E-state index is 12.3. The zero-order valence-electron chi connectivity index (χ0n) is 27.2. The van der Waals surface area contributed by atoms with E-state index in [1.807, 2.05) is 6.92 Å². The molecule has 1 aliphatic carbocycles. The highest BCUT2D eigenvalue weighted by Crippen LogP contribution is 2.44. The van der Waals surface area contributed by atoms with Crippen molar-refractivity contribution in [3.63, 3.8) is 0 Å². The second kappa shape index (κ2) is 14.9. The molecule has 0 radical (unpaired) electrons. The van der Waals surface area contributed by atoms with Crippen molar-refractivity contribution < 1.29 is 38.7 Å². The topological polar surface area (TPSA) is 112 Å². The summed E-state index contributed by atoms with van der Waals surface area (Å²) >= 11 is 0. The third kappa shape index (κ3) is 7.63. The minimum absolute atomic E-state index is 0.0116. The Morgan fingerprint density at radius 1 is 1.02 bits per heavy atom. The first kappa shape index (κ1) is 33.9. The predicted molar refractivity (Wildman–Crippen MR) is 164 cm³/mol. The first-order chi connectivity index (χ1) is 20.5. The van der Waals surface area contributed by atoms with E-state index in [-0.39, 0.29) is 84.7 Å².